The van der Waals surface area contributed by atoms with Gasteiger partial charge in [-0.15, -0.1) is 5.10 Å². The van der Waals surface area contributed by atoms with Crippen LogP contribution in [0.2, 0.25) is 0 Å². The second kappa shape index (κ2) is 9.26. The van der Waals surface area contributed by atoms with E-state index in [0.717, 1.165) is 17.2 Å². The molecule has 0 fully saturated rings. The maximum absolute atomic E-state index is 13.5. The lowest BCUT2D eigenvalue weighted by molar-refractivity contribution is -0.123. The monoisotopic (exact) mass is 437 g/mol. The molecule has 1 unspecified atom stereocenters. The van der Waals surface area contributed by atoms with E-state index in [2.05, 4.69) is 14.9 Å². The van der Waals surface area contributed by atoms with Gasteiger partial charge in [0.1, 0.15) is 6.04 Å². The van der Waals surface area contributed by atoms with Crippen LogP contribution in [0.25, 0.3) is 0 Å². The Morgan fingerprint density at radius 2 is 1.61 bits per heavy atom. The number of carbonyl (C=O) groups is 2. The fraction of sp³-hybridized carbons (Fsp3) is 0.304. The minimum atomic E-state index is -0.882. The first-order valence-corrected chi connectivity index (χ1v) is 10.8. The molecule has 0 aliphatic heterocycles. The third-order valence-electron chi connectivity index (χ3n) is 4.56. The highest BCUT2D eigenvalue weighted by atomic mass is 32.1. The fourth-order valence-corrected chi connectivity index (χ4v) is 3.59. The van der Waals surface area contributed by atoms with Gasteiger partial charge >= 0.3 is 0 Å². The number of hydrogen-bond donors (Lipinski definition) is 1. The van der Waals surface area contributed by atoms with E-state index in [1.807, 2.05) is 94.4 Å². The number of aromatic nitrogens is 2. The Morgan fingerprint density at radius 1 is 0.968 bits per heavy atom. The largest absolute Gasteiger partial charge is 0.378 e. The zero-order chi connectivity index (χ0) is 22.6. The van der Waals surface area contributed by atoms with Crippen LogP contribution in [-0.2, 0) is 4.79 Å². The van der Waals surface area contributed by atoms with Crippen LogP contribution in [0.4, 0.5) is 11.4 Å². The first-order chi connectivity index (χ1) is 14.7. The molecular weight excluding hydrogens is 410 g/mol. The van der Waals surface area contributed by atoms with Crippen molar-refractivity contribution < 1.29 is 9.59 Å². The molecule has 0 bridgehead atoms. The first-order valence-electron chi connectivity index (χ1n) is 9.92. The summed E-state index contributed by atoms with van der Waals surface area (Å²) in [7, 11) is 3.90. The number of benzene rings is 2. The summed E-state index contributed by atoms with van der Waals surface area (Å²) in [5.41, 5.74) is 2.04. The quantitative estimate of drug-likeness (QED) is 0.633. The summed E-state index contributed by atoms with van der Waals surface area (Å²) in [5, 5.41) is 8.57. The summed E-state index contributed by atoms with van der Waals surface area (Å²) < 4.78 is 3.82. The van der Waals surface area contributed by atoms with E-state index in [1.165, 1.54) is 4.90 Å². The van der Waals surface area contributed by atoms with E-state index < -0.39 is 11.6 Å². The second-order valence-corrected chi connectivity index (χ2v) is 9.04. The van der Waals surface area contributed by atoms with Crippen LogP contribution in [0.1, 0.15) is 42.9 Å². The normalized spacial score (nSPS) is 12.2. The smallest absolute Gasteiger partial charge is 0.280 e. The molecule has 3 rings (SSSR count). The Bertz CT molecular complexity index is 1010. The van der Waals surface area contributed by atoms with Crippen LogP contribution < -0.4 is 15.1 Å². The van der Waals surface area contributed by atoms with Crippen molar-refractivity contribution in [3.8, 4) is 0 Å². The van der Waals surface area contributed by atoms with Crippen molar-refractivity contribution in [2.45, 2.75) is 32.4 Å². The standard InChI is InChI=1S/C23H27N5O2S/c1-23(2,3)24-21(29)20(16-11-13-17(14-12-16)27(4)5)28(18-9-7-6-8-10-18)22(30)19-15-31-26-25-19/h6-15,20H,1-5H3,(H,24,29). The summed E-state index contributed by atoms with van der Waals surface area (Å²) in [6.07, 6.45) is 0. The predicted molar refractivity (Wildman–Crippen MR) is 125 cm³/mol. The molecule has 3 aromatic rings. The lowest BCUT2D eigenvalue weighted by atomic mass is 10.00. The molecule has 0 aliphatic rings. The molecule has 1 heterocycles. The zero-order valence-corrected chi connectivity index (χ0v) is 19.2. The number of anilines is 2. The van der Waals surface area contributed by atoms with Crippen molar-refractivity contribution in [3.05, 3.63) is 71.2 Å². The van der Waals surface area contributed by atoms with Crippen molar-refractivity contribution in [1.82, 2.24) is 14.9 Å². The van der Waals surface area contributed by atoms with E-state index in [0.29, 0.717) is 11.3 Å². The molecule has 1 atom stereocenters. The minimum Gasteiger partial charge on any atom is -0.378 e. The van der Waals surface area contributed by atoms with Crippen LogP contribution in [0.15, 0.2) is 60.0 Å². The average Bonchev–Trinajstić information content (AvgIpc) is 3.26. The van der Waals surface area contributed by atoms with Gasteiger partial charge in [-0.05, 0) is 62.1 Å². The number of hydrogen-bond acceptors (Lipinski definition) is 6. The van der Waals surface area contributed by atoms with Gasteiger partial charge in [0.05, 0.1) is 0 Å². The number of amides is 2. The molecule has 1 aromatic heterocycles. The first kappa shape index (κ1) is 22.4. The second-order valence-electron chi connectivity index (χ2n) is 8.43. The lowest BCUT2D eigenvalue weighted by Crippen LogP contribution is -2.49. The maximum atomic E-state index is 13.5. The van der Waals surface area contributed by atoms with Crippen molar-refractivity contribution in [2.24, 2.45) is 0 Å². The third-order valence-corrected chi connectivity index (χ3v) is 5.07. The van der Waals surface area contributed by atoms with Crippen LogP contribution in [0.3, 0.4) is 0 Å². The summed E-state index contributed by atoms with van der Waals surface area (Å²) in [4.78, 5) is 30.5. The Balaban J connectivity index is 2.14. The topological polar surface area (TPSA) is 78.4 Å². The van der Waals surface area contributed by atoms with Crippen LogP contribution in [0.5, 0.6) is 0 Å². The van der Waals surface area contributed by atoms with Gasteiger partial charge in [-0.3, -0.25) is 14.5 Å². The van der Waals surface area contributed by atoms with Gasteiger partial charge in [-0.25, -0.2) is 0 Å². The number of nitrogens with zero attached hydrogens (tertiary/aromatic N) is 4. The van der Waals surface area contributed by atoms with E-state index in [-0.39, 0.29) is 17.5 Å². The van der Waals surface area contributed by atoms with E-state index >= 15 is 0 Å². The Hall–Kier alpha value is -3.26. The highest BCUT2D eigenvalue weighted by Crippen LogP contribution is 2.31. The zero-order valence-electron chi connectivity index (χ0n) is 18.4. The van der Waals surface area contributed by atoms with Gasteiger partial charge in [0.2, 0.25) is 5.91 Å². The Morgan fingerprint density at radius 3 is 2.13 bits per heavy atom. The fourth-order valence-electron chi connectivity index (χ4n) is 3.16. The number of nitrogens with one attached hydrogen (secondary N) is 1. The van der Waals surface area contributed by atoms with Gasteiger partial charge in [0.15, 0.2) is 5.69 Å². The molecule has 0 aliphatic carbocycles. The maximum Gasteiger partial charge on any atom is 0.280 e. The number of carbonyl (C=O) groups excluding carboxylic acids is 2. The van der Waals surface area contributed by atoms with Crippen molar-refractivity contribution in [2.75, 3.05) is 23.9 Å². The van der Waals surface area contributed by atoms with Crippen LogP contribution >= 0.6 is 11.5 Å². The van der Waals surface area contributed by atoms with Crippen LogP contribution in [0, 0.1) is 0 Å². The third kappa shape index (κ3) is 5.46. The molecule has 162 valence electrons. The summed E-state index contributed by atoms with van der Waals surface area (Å²) in [6.45, 7) is 5.74. The molecule has 0 spiro atoms. The predicted octanol–water partition coefficient (Wildman–Crippen LogP) is 3.91. The Labute approximate surface area is 186 Å². The Kier molecular flexibility index (Phi) is 6.70. The van der Waals surface area contributed by atoms with E-state index in [9.17, 15) is 9.59 Å². The minimum absolute atomic E-state index is 0.201. The summed E-state index contributed by atoms with van der Waals surface area (Å²) in [5.74, 6) is -0.656. The lowest BCUT2D eigenvalue weighted by Gasteiger charge is -2.33. The SMILES string of the molecule is CN(C)c1ccc(C(C(=O)NC(C)(C)C)N(C(=O)c2csnn2)c2ccccc2)cc1. The molecule has 0 radical (unpaired) electrons. The van der Waals surface area contributed by atoms with Crippen molar-refractivity contribution >= 4 is 34.7 Å². The van der Waals surface area contributed by atoms with E-state index in [1.54, 1.807) is 5.38 Å². The summed E-state index contributed by atoms with van der Waals surface area (Å²) >= 11 is 1.10. The molecule has 0 saturated heterocycles. The van der Waals surface area contributed by atoms with Gasteiger partial charge in [0, 0.05) is 36.4 Å². The van der Waals surface area contributed by atoms with Crippen molar-refractivity contribution in [1.29, 1.82) is 0 Å². The summed E-state index contributed by atoms with van der Waals surface area (Å²) in [6, 6.07) is 15.9. The number of para-hydroxylation sites is 1. The molecule has 31 heavy (non-hydrogen) atoms. The van der Waals surface area contributed by atoms with Crippen LogP contribution in [-0.4, -0.2) is 41.0 Å². The highest BCUT2D eigenvalue weighted by molar-refractivity contribution is 7.03. The molecule has 7 nitrogen and oxygen atoms in total. The molecule has 2 amide bonds. The van der Waals surface area contributed by atoms with Crippen molar-refractivity contribution in [3.63, 3.8) is 0 Å². The average molecular weight is 438 g/mol. The molecule has 1 N–H and O–H groups in total. The van der Waals surface area contributed by atoms with Gasteiger partial charge in [0.25, 0.3) is 5.91 Å². The van der Waals surface area contributed by atoms with Gasteiger partial charge < -0.3 is 10.2 Å². The van der Waals surface area contributed by atoms with Gasteiger partial charge in [-0.1, -0.05) is 34.8 Å². The molecule has 0 saturated carbocycles. The number of rotatable bonds is 6. The van der Waals surface area contributed by atoms with Gasteiger partial charge in [-0.2, -0.15) is 0 Å². The molecule has 8 heteroatoms. The highest BCUT2D eigenvalue weighted by Gasteiger charge is 2.35. The van der Waals surface area contributed by atoms with E-state index in [4.69, 9.17) is 0 Å². The molecular formula is C23H27N5O2S. The molecule has 2 aromatic carbocycles.